The summed E-state index contributed by atoms with van der Waals surface area (Å²) in [6.07, 6.45) is -2.17. The quantitative estimate of drug-likeness (QED) is 0.126. The highest BCUT2D eigenvalue weighted by Crippen LogP contribution is 2.53. The monoisotopic (exact) mass is 555 g/mol. The molecule has 2 heterocycles. The molecule has 1 saturated heterocycles. The van der Waals surface area contributed by atoms with Crippen LogP contribution >= 0.6 is 19.2 Å². The van der Waals surface area contributed by atoms with Gasteiger partial charge in [-0.3, -0.25) is 4.57 Å². The Hall–Kier alpha value is -1.38. The van der Waals surface area contributed by atoms with Gasteiger partial charge in [-0.1, -0.05) is 12.8 Å². The highest BCUT2D eigenvalue weighted by atomic mass is 35.5. The molecule has 2 fully saturated rings. The Morgan fingerprint density at radius 3 is 2.40 bits per heavy atom. The van der Waals surface area contributed by atoms with E-state index in [2.05, 4.69) is 27.1 Å². The van der Waals surface area contributed by atoms with E-state index in [-0.39, 0.29) is 17.1 Å². The van der Waals surface area contributed by atoms with Crippen LogP contribution in [0, 0.1) is 6.92 Å². The van der Waals surface area contributed by atoms with Crippen molar-refractivity contribution in [2.45, 2.75) is 81.5 Å². The van der Waals surface area contributed by atoms with Crippen LogP contribution in [0.5, 0.6) is 0 Å². The lowest BCUT2D eigenvalue weighted by atomic mass is 10.1. The molecule has 0 radical (unpaired) electrons. The van der Waals surface area contributed by atoms with E-state index in [9.17, 15) is 33.0 Å². The van der Waals surface area contributed by atoms with Gasteiger partial charge >= 0.3 is 7.60 Å². The van der Waals surface area contributed by atoms with Gasteiger partial charge in [0.05, 0.1) is 5.75 Å². The Morgan fingerprint density at radius 2 is 1.86 bits per heavy atom. The molecule has 0 aromatic carbocycles. The number of ether oxygens (including phenoxy) is 1. The van der Waals surface area contributed by atoms with Gasteiger partial charge in [-0.25, -0.2) is 18.4 Å². The van der Waals surface area contributed by atoms with Crippen molar-refractivity contribution in [1.29, 1.82) is 0 Å². The van der Waals surface area contributed by atoms with Crippen LogP contribution in [0.4, 0.5) is 11.6 Å². The van der Waals surface area contributed by atoms with Crippen LogP contribution in [0.2, 0.25) is 5.28 Å². The number of sulfone groups is 1. The van der Waals surface area contributed by atoms with Gasteiger partial charge < -0.3 is 30.1 Å². The third kappa shape index (κ3) is 5.49. The predicted molar refractivity (Wildman–Crippen MR) is 130 cm³/mol. The first-order valence-electron chi connectivity index (χ1n) is 11.0. The molecule has 0 spiro atoms. The van der Waals surface area contributed by atoms with Crippen molar-refractivity contribution >= 4 is 47.4 Å². The summed E-state index contributed by atoms with van der Waals surface area (Å²) in [5.41, 5.74) is 0.512. The molecule has 2 aliphatic rings. The van der Waals surface area contributed by atoms with E-state index in [0.717, 1.165) is 44.5 Å². The summed E-state index contributed by atoms with van der Waals surface area (Å²) in [6, 6.07) is 0.208. The highest BCUT2D eigenvalue weighted by Gasteiger charge is 2.54. The fourth-order valence-electron chi connectivity index (χ4n) is 4.04. The molecule has 5 N–H and O–H groups in total. The number of halogens is 1. The standard InChI is InChI=1S/C19H31ClN5O8PS/c1-10-15(22-11-7-5-6-8-11)23-18(20)24-16(10)25(21-4)17-14(27)13(26)12(33-17)9-35(31,32)19(2,3)34(28,29)30/h11-14,17,26-27H,4-9H2,1-3H3,(H,22,23,24)(H2,28,29,30)/t12-,13-,14-,17-/m1/s1. The average molecular weight is 556 g/mol. The van der Waals surface area contributed by atoms with E-state index in [1.807, 2.05) is 0 Å². The maximum atomic E-state index is 12.8. The summed E-state index contributed by atoms with van der Waals surface area (Å²) in [5.74, 6) is -0.380. The molecule has 1 aliphatic carbocycles. The van der Waals surface area contributed by atoms with Gasteiger partial charge in [-0.15, -0.1) is 0 Å². The normalized spacial score (nSPS) is 26.2. The molecule has 16 heteroatoms. The lowest BCUT2D eigenvalue weighted by Gasteiger charge is -2.29. The number of rotatable bonds is 9. The number of aromatic nitrogens is 2. The molecule has 1 aliphatic heterocycles. The van der Waals surface area contributed by atoms with Gasteiger partial charge in [-0.05, 0) is 45.2 Å². The van der Waals surface area contributed by atoms with Crippen LogP contribution in [-0.4, -0.2) is 85.9 Å². The number of aliphatic hydroxyl groups excluding tert-OH is 2. The largest absolute Gasteiger partial charge is 0.387 e. The van der Waals surface area contributed by atoms with Crippen molar-refractivity contribution < 1.29 is 37.7 Å². The highest BCUT2D eigenvalue weighted by molar-refractivity contribution is 7.99. The second-order valence-electron chi connectivity index (χ2n) is 9.22. The van der Waals surface area contributed by atoms with Crippen molar-refractivity contribution in [2.24, 2.45) is 5.10 Å². The lowest BCUT2D eigenvalue weighted by molar-refractivity contribution is 0.0152. The Bertz CT molecular complexity index is 1110. The van der Waals surface area contributed by atoms with E-state index in [1.54, 1.807) is 6.92 Å². The van der Waals surface area contributed by atoms with Crippen LogP contribution in [0.25, 0.3) is 0 Å². The molecule has 0 bridgehead atoms. The van der Waals surface area contributed by atoms with Gasteiger partial charge in [0.1, 0.15) is 24.1 Å². The molecule has 198 valence electrons. The van der Waals surface area contributed by atoms with E-state index in [0.29, 0.717) is 11.4 Å². The first-order chi connectivity index (χ1) is 16.1. The van der Waals surface area contributed by atoms with E-state index >= 15 is 0 Å². The van der Waals surface area contributed by atoms with Gasteiger partial charge in [0.25, 0.3) is 0 Å². The average Bonchev–Trinajstić information content (AvgIpc) is 3.35. The summed E-state index contributed by atoms with van der Waals surface area (Å²) in [7, 11) is -9.56. The minimum Gasteiger partial charge on any atom is -0.387 e. The van der Waals surface area contributed by atoms with Crippen molar-refractivity contribution in [1.82, 2.24) is 9.97 Å². The minimum atomic E-state index is -5.07. The van der Waals surface area contributed by atoms with Crippen LogP contribution in [0.15, 0.2) is 5.10 Å². The zero-order valence-electron chi connectivity index (χ0n) is 19.6. The third-order valence-electron chi connectivity index (χ3n) is 6.58. The lowest BCUT2D eigenvalue weighted by Crippen LogP contribution is -2.43. The maximum absolute atomic E-state index is 12.8. The molecule has 1 aromatic heterocycles. The van der Waals surface area contributed by atoms with Gasteiger partial charge in [0.15, 0.2) is 26.4 Å². The van der Waals surface area contributed by atoms with E-state index in [4.69, 9.17) is 16.3 Å². The van der Waals surface area contributed by atoms with Crippen molar-refractivity contribution in [2.75, 3.05) is 16.1 Å². The topological polar surface area (TPSA) is 195 Å². The molecule has 0 unspecified atom stereocenters. The Labute approximate surface area is 208 Å². The van der Waals surface area contributed by atoms with Crippen LogP contribution in [-0.2, 0) is 19.1 Å². The summed E-state index contributed by atoms with van der Waals surface area (Å²) >= 11 is 6.13. The maximum Gasteiger partial charge on any atom is 0.346 e. The zero-order valence-corrected chi connectivity index (χ0v) is 22.0. The second kappa shape index (κ2) is 10.2. The Kier molecular flexibility index (Phi) is 8.20. The first-order valence-corrected chi connectivity index (χ1v) is 14.6. The Morgan fingerprint density at radius 1 is 1.26 bits per heavy atom. The molecular formula is C19H31ClN5O8PS. The van der Waals surface area contributed by atoms with Gasteiger partial charge in [0.2, 0.25) is 5.28 Å². The Balaban J connectivity index is 1.88. The van der Waals surface area contributed by atoms with Gasteiger partial charge in [-0.2, -0.15) is 10.1 Å². The number of hydrazone groups is 1. The van der Waals surface area contributed by atoms with Crippen molar-refractivity contribution in [3.8, 4) is 0 Å². The molecule has 1 aromatic rings. The van der Waals surface area contributed by atoms with Crippen molar-refractivity contribution in [3.05, 3.63) is 10.8 Å². The number of aliphatic hydroxyl groups is 2. The fourth-order valence-corrected chi connectivity index (χ4v) is 7.00. The zero-order chi connectivity index (χ0) is 26.3. The summed E-state index contributed by atoms with van der Waals surface area (Å²) in [6.45, 7) is 6.95. The van der Waals surface area contributed by atoms with Crippen LogP contribution in [0.1, 0.15) is 45.1 Å². The summed E-state index contributed by atoms with van der Waals surface area (Å²) in [4.78, 5) is 27.4. The number of hydrogen-bond donors (Lipinski definition) is 5. The number of anilines is 2. The molecular weight excluding hydrogens is 525 g/mol. The molecule has 13 nitrogen and oxygen atoms in total. The molecule has 35 heavy (non-hydrogen) atoms. The number of nitrogens with one attached hydrogen (secondary N) is 1. The second-order valence-corrected chi connectivity index (χ2v) is 14.7. The third-order valence-corrected chi connectivity index (χ3v) is 12.0. The molecule has 1 saturated carbocycles. The molecule has 3 rings (SSSR count). The fraction of sp³-hybridized carbons (Fsp3) is 0.737. The first kappa shape index (κ1) is 28.2. The SMILES string of the molecule is C=NN(c1nc(Cl)nc(NC2CCCC2)c1C)[C@@H]1O[C@H](CS(=O)(=O)C(C)(C)P(=O)(O)O)[C@@H](O)[C@H]1O. The minimum absolute atomic E-state index is 0.115. The van der Waals surface area contributed by atoms with E-state index in [1.165, 1.54) is 0 Å². The summed E-state index contributed by atoms with van der Waals surface area (Å²) < 4.78 is 40.5. The predicted octanol–water partition coefficient (Wildman–Crippen LogP) is 0.990. The smallest absolute Gasteiger partial charge is 0.346 e. The number of hydrogen-bond acceptors (Lipinski definition) is 11. The van der Waals surface area contributed by atoms with Crippen LogP contribution < -0.4 is 10.3 Å². The van der Waals surface area contributed by atoms with E-state index < -0.39 is 52.2 Å². The van der Waals surface area contributed by atoms with Crippen LogP contribution in [0.3, 0.4) is 0 Å². The molecule has 0 amide bonds. The summed E-state index contributed by atoms with van der Waals surface area (Å²) in [5, 5.41) is 29.3. The molecule has 4 atom stereocenters. The number of nitrogens with zero attached hydrogens (tertiary/aromatic N) is 4. The van der Waals surface area contributed by atoms with Gasteiger partial charge in [0, 0.05) is 18.3 Å². The van der Waals surface area contributed by atoms with Crippen molar-refractivity contribution in [3.63, 3.8) is 0 Å².